The zero-order valence-electron chi connectivity index (χ0n) is 12.2. The van der Waals surface area contributed by atoms with Crippen molar-refractivity contribution in [3.63, 3.8) is 0 Å². The van der Waals surface area contributed by atoms with Crippen molar-refractivity contribution in [2.75, 3.05) is 27.2 Å². The van der Waals surface area contributed by atoms with E-state index in [1.165, 1.54) is 5.56 Å². The number of rotatable bonds is 2. The molecule has 108 valence electrons. The van der Waals surface area contributed by atoms with Crippen molar-refractivity contribution in [3.8, 4) is 0 Å². The van der Waals surface area contributed by atoms with Gasteiger partial charge in [-0.1, -0.05) is 6.07 Å². The second-order valence-corrected chi connectivity index (χ2v) is 5.91. The summed E-state index contributed by atoms with van der Waals surface area (Å²) in [4.78, 5) is 22.6. The molecule has 0 unspecified atom stereocenters. The first-order valence-corrected chi connectivity index (χ1v) is 7.27. The van der Waals surface area contributed by atoms with Crippen LogP contribution in [0.5, 0.6) is 0 Å². The Morgan fingerprint density at radius 3 is 2.85 bits per heavy atom. The first-order valence-electron chi connectivity index (χ1n) is 7.27. The molecule has 1 aromatic rings. The molecule has 2 amide bonds. The highest BCUT2D eigenvalue weighted by atomic mass is 16.2. The first kappa shape index (κ1) is 13.4. The van der Waals surface area contributed by atoms with Gasteiger partial charge in [-0.2, -0.15) is 0 Å². The second-order valence-electron chi connectivity index (χ2n) is 5.91. The molecule has 0 aromatic carbocycles. The minimum Gasteiger partial charge on any atom is -0.331 e. The number of carbonyl (C=O) groups excluding carboxylic acids is 1. The van der Waals surface area contributed by atoms with Crippen LogP contribution < -0.4 is 0 Å². The molecule has 5 nitrogen and oxygen atoms in total. The zero-order valence-corrected chi connectivity index (χ0v) is 12.2. The summed E-state index contributed by atoms with van der Waals surface area (Å²) in [6, 6.07) is 5.17. The number of pyridine rings is 1. The number of carbonyl (C=O) groups is 1. The molecule has 2 saturated heterocycles. The summed E-state index contributed by atoms with van der Waals surface area (Å²) in [6.07, 6.45) is 5.92. The zero-order chi connectivity index (χ0) is 14.1. The number of amides is 2. The molecular weight excluding hydrogens is 252 g/mol. The average molecular weight is 274 g/mol. The summed E-state index contributed by atoms with van der Waals surface area (Å²) in [7, 11) is 3.66. The molecule has 2 fully saturated rings. The fourth-order valence-corrected chi connectivity index (χ4v) is 3.49. The molecule has 2 aliphatic rings. The maximum absolute atomic E-state index is 12.2. The van der Waals surface area contributed by atoms with Gasteiger partial charge in [0.2, 0.25) is 0 Å². The van der Waals surface area contributed by atoms with E-state index in [9.17, 15) is 4.79 Å². The van der Waals surface area contributed by atoms with Crippen molar-refractivity contribution in [3.05, 3.63) is 30.1 Å². The summed E-state index contributed by atoms with van der Waals surface area (Å²) in [5.74, 6) is 0. The normalized spacial score (nSPS) is 25.8. The van der Waals surface area contributed by atoms with Gasteiger partial charge < -0.3 is 9.80 Å². The van der Waals surface area contributed by atoms with Crippen LogP contribution >= 0.6 is 0 Å². The SMILES string of the molecule is CN(C)C(=O)N1CC[C@H]2[C@H]1CCN2Cc1cccnc1. The molecule has 2 atom stereocenters. The van der Waals surface area contributed by atoms with E-state index < -0.39 is 0 Å². The lowest BCUT2D eigenvalue weighted by Gasteiger charge is -2.27. The molecule has 3 rings (SSSR count). The molecule has 0 saturated carbocycles. The lowest BCUT2D eigenvalue weighted by Crippen LogP contribution is -2.44. The van der Waals surface area contributed by atoms with Gasteiger partial charge in [0.1, 0.15) is 0 Å². The van der Waals surface area contributed by atoms with E-state index in [0.717, 1.165) is 32.5 Å². The van der Waals surface area contributed by atoms with Crippen molar-refractivity contribution in [2.45, 2.75) is 31.5 Å². The van der Waals surface area contributed by atoms with Gasteiger partial charge in [-0.05, 0) is 24.5 Å². The second kappa shape index (κ2) is 5.40. The maximum Gasteiger partial charge on any atom is 0.319 e. The molecular formula is C15H22N4O. The number of hydrogen-bond donors (Lipinski definition) is 0. The molecule has 1 aromatic heterocycles. The first-order chi connectivity index (χ1) is 9.66. The molecule has 2 aliphatic heterocycles. The van der Waals surface area contributed by atoms with Crippen LogP contribution in [0.1, 0.15) is 18.4 Å². The van der Waals surface area contributed by atoms with Gasteiger partial charge in [0.05, 0.1) is 6.04 Å². The number of fused-ring (bicyclic) bond motifs is 1. The van der Waals surface area contributed by atoms with E-state index in [0.29, 0.717) is 12.1 Å². The lowest BCUT2D eigenvalue weighted by molar-refractivity contribution is 0.162. The summed E-state index contributed by atoms with van der Waals surface area (Å²) in [6.45, 7) is 2.90. The van der Waals surface area contributed by atoms with Gasteiger partial charge in [0.25, 0.3) is 0 Å². The number of urea groups is 1. The summed E-state index contributed by atoms with van der Waals surface area (Å²) < 4.78 is 0. The molecule has 0 spiro atoms. The minimum atomic E-state index is 0.153. The van der Waals surface area contributed by atoms with Crippen LogP contribution in [0.4, 0.5) is 4.79 Å². The Bertz CT molecular complexity index is 476. The number of aromatic nitrogens is 1. The molecule has 5 heteroatoms. The number of likely N-dealkylation sites (tertiary alicyclic amines) is 2. The summed E-state index contributed by atoms with van der Waals surface area (Å²) in [5.41, 5.74) is 1.26. The van der Waals surface area contributed by atoms with Gasteiger partial charge in [0, 0.05) is 52.2 Å². The van der Waals surface area contributed by atoms with E-state index in [4.69, 9.17) is 0 Å². The fraction of sp³-hybridized carbons (Fsp3) is 0.600. The van der Waals surface area contributed by atoms with Gasteiger partial charge >= 0.3 is 6.03 Å². The van der Waals surface area contributed by atoms with E-state index in [1.807, 2.05) is 37.5 Å². The monoisotopic (exact) mass is 274 g/mol. The van der Waals surface area contributed by atoms with Crippen LogP contribution in [-0.2, 0) is 6.54 Å². The third-order valence-corrected chi connectivity index (χ3v) is 4.43. The van der Waals surface area contributed by atoms with Crippen LogP contribution in [-0.4, -0.2) is 65.0 Å². The predicted octanol–water partition coefficient (Wildman–Crippen LogP) is 1.41. The van der Waals surface area contributed by atoms with Gasteiger partial charge in [-0.15, -0.1) is 0 Å². The number of hydrogen-bond acceptors (Lipinski definition) is 3. The Morgan fingerprint density at radius 2 is 2.15 bits per heavy atom. The highest BCUT2D eigenvalue weighted by Crippen LogP contribution is 2.32. The Labute approximate surface area is 120 Å². The summed E-state index contributed by atoms with van der Waals surface area (Å²) in [5, 5.41) is 0. The van der Waals surface area contributed by atoms with Crippen LogP contribution in [0, 0.1) is 0 Å². The Hall–Kier alpha value is -1.62. The Kier molecular flexibility index (Phi) is 3.61. The van der Waals surface area contributed by atoms with Gasteiger partial charge in [0.15, 0.2) is 0 Å². The fourth-order valence-electron chi connectivity index (χ4n) is 3.49. The van der Waals surface area contributed by atoms with Crippen LogP contribution in [0.25, 0.3) is 0 Å². The largest absolute Gasteiger partial charge is 0.331 e. The highest BCUT2D eigenvalue weighted by molar-refractivity contribution is 5.74. The molecule has 0 N–H and O–H groups in total. The topological polar surface area (TPSA) is 39.7 Å². The average Bonchev–Trinajstić information content (AvgIpc) is 3.02. The van der Waals surface area contributed by atoms with E-state index in [1.54, 1.807) is 4.90 Å². The molecule has 0 bridgehead atoms. The van der Waals surface area contributed by atoms with Crippen molar-refractivity contribution in [2.24, 2.45) is 0 Å². The summed E-state index contributed by atoms with van der Waals surface area (Å²) >= 11 is 0. The quantitative estimate of drug-likeness (QED) is 0.818. The van der Waals surface area contributed by atoms with E-state index in [2.05, 4.69) is 16.0 Å². The molecule has 0 aliphatic carbocycles. The third-order valence-electron chi connectivity index (χ3n) is 4.43. The third kappa shape index (κ3) is 2.38. The standard InChI is InChI=1S/C15H22N4O/c1-17(2)15(20)19-9-6-13-14(19)5-8-18(13)11-12-4-3-7-16-10-12/h3-4,7,10,13-14H,5-6,8-9,11H2,1-2H3/t13-,14+/m0/s1. The lowest BCUT2D eigenvalue weighted by atomic mass is 10.1. The Balaban J connectivity index is 1.67. The molecule has 0 radical (unpaired) electrons. The highest BCUT2D eigenvalue weighted by Gasteiger charge is 2.44. The van der Waals surface area contributed by atoms with Crippen molar-refractivity contribution in [1.29, 1.82) is 0 Å². The van der Waals surface area contributed by atoms with E-state index >= 15 is 0 Å². The minimum absolute atomic E-state index is 0.153. The van der Waals surface area contributed by atoms with E-state index in [-0.39, 0.29) is 6.03 Å². The Morgan fingerprint density at radius 1 is 1.35 bits per heavy atom. The smallest absolute Gasteiger partial charge is 0.319 e. The van der Waals surface area contributed by atoms with Crippen LogP contribution in [0.15, 0.2) is 24.5 Å². The van der Waals surface area contributed by atoms with Crippen molar-refractivity contribution in [1.82, 2.24) is 19.7 Å². The maximum atomic E-state index is 12.2. The van der Waals surface area contributed by atoms with Gasteiger partial charge in [-0.25, -0.2) is 4.79 Å². The predicted molar refractivity (Wildman–Crippen MR) is 77.2 cm³/mol. The van der Waals surface area contributed by atoms with Gasteiger partial charge in [-0.3, -0.25) is 9.88 Å². The number of nitrogens with zero attached hydrogens (tertiary/aromatic N) is 4. The van der Waals surface area contributed by atoms with Crippen LogP contribution in [0.2, 0.25) is 0 Å². The van der Waals surface area contributed by atoms with Crippen molar-refractivity contribution >= 4 is 6.03 Å². The molecule has 20 heavy (non-hydrogen) atoms. The molecule has 3 heterocycles. The van der Waals surface area contributed by atoms with Crippen molar-refractivity contribution < 1.29 is 4.79 Å². The van der Waals surface area contributed by atoms with Crippen LogP contribution in [0.3, 0.4) is 0 Å².